The molecule has 0 atom stereocenters. The maximum Gasteiger partial charge on any atom is 0.233 e. The third-order valence-electron chi connectivity index (χ3n) is 5.27. The number of hydrogen-bond donors (Lipinski definition) is 0. The lowest BCUT2D eigenvalue weighted by molar-refractivity contribution is -0.129. The largest absolute Gasteiger partial charge is 0.497 e. The number of rotatable bonds is 9. The Morgan fingerprint density at radius 3 is 2.15 bits per heavy atom. The summed E-state index contributed by atoms with van der Waals surface area (Å²) in [7, 11) is 3.55. The maximum absolute atomic E-state index is 13.2. The second-order valence-corrected chi connectivity index (χ2v) is 8.55. The first-order valence-electron chi connectivity index (χ1n) is 10.7. The molecule has 4 aromatic rings. The molecule has 0 spiro atoms. The molecule has 0 radical (unpaired) electrons. The number of carbonyl (C=O) groups excluding carboxylic acids is 1. The molecule has 7 heteroatoms. The van der Waals surface area contributed by atoms with E-state index >= 15 is 0 Å². The van der Waals surface area contributed by atoms with E-state index in [1.807, 2.05) is 101 Å². The van der Waals surface area contributed by atoms with Crippen LogP contribution in [0.4, 0.5) is 0 Å². The summed E-state index contributed by atoms with van der Waals surface area (Å²) in [4.78, 5) is 15.1. The van der Waals surface area contributed by atoms with Gasteiger partial charge in [-0.05, 0) is 23.3 Å². The van der Waals surface area contributed by atoms with Crippen molar-refractivity contribution in [1.29, 1.82) is 0 Å². The summed E-state index contributed by atoms with van der Waals surface area (Å²) in [5.74, 6) is 1.83. The number of amides is 1. The quantitative estimate of drug-likeness (QED) is 0.337. The van der Waals surface area contributed by atoms with E-state index in [1.54, 1.807) is 7.11 Å². The van der Waals surface area contributed by atoms with Gasteiger partial charge in [-0.2, -0.15) is 0 Å². The van der Waals surface area contributed by atoms with Gasteiger partial charge in [-0.3, -0.25) is 4.79 Å². The van der Waals surface area contributed by atoms with Crippen molar-refractivity contribution in [2.24, 2.45) is 7.05 Å². The summed E-state index contributed by atoms with van der Waals surface area (Å²) >= 11 is 1.40. The lowest BCUT2D eigenvalue weighted by atomic mass is 10.1. The van der Waals surface area contributed by atoms with Crippen molar-refractivity contribution >= 4 is 17.7 Å². The summed E-state index contributed by atoms with van der Waals surface area (Å²) in [6.07, 6.45) is 0. The number of hydrogen-bond acceptors (Lipinski definition) is 5. The molecular weight excluding hydrogens is 432 g/mol. The molecule has 4 rings (SSSR count). The Balaban J connectivity index is 1.47. The van der Waals surface area contributed by atoms with Crippen molar-refractivity contribution in [3.8, 4) is 17.1 Å². The molecule has 0 bridgehead atoms. The zero-order chi connectivity index (χ0) is 23.0. The lowest BCUT2D eigenvalue weighted by Gasteiger charge is -2.23. The van der Waals surface area contributed by atoms with Crippen LogP contribution in [-0.4, -0.2) is 38.4 Å². The standard InChI is InChI=1S/C26H26N4O2S/c1-29-25(22-14-9-15-23(16-22)32-2)27-28-26(29)33-19-24(31)30(17-20-10-5-3-6-11-20)18-21-12-7-4-8-13-21/h3-16H,17-19H2,1-2H3. The monoisotopic (exact) mass is 458 g/mol. The first-order chi connectivity index (χ1) is 16.1. The van der Waals surface area contributed by atoms with Crippen molar-refractivity contribution in [3.05, 3.63) is 96.1 Å². The number of carbonyl (C=O) groups is 1. The van der Waals surface area contributed by atoms with Crippen LogP contribution in [0.25, 0.3) is 11.4 Å². The summed E-state index contributed by atoms with van der Waals surface area (Å²) in [5.41, 5.74) is 3.12. The Labute approximate surface area is 198 Å². The fourth-order valence-electron chi connectivity index (χ4n) is 3.51. The number of thioether (sulfide) groups is 1. The number of methoxy groups -OCH3 is 1. The van der Waals surface area contributed by atoms with Gasteiger partial charge in [0, 0.05) is 25.7 Å². The topological polar surface area (TPSA) is 60.3 Å². The smallest absolute Gasteiger partial charge is 0.233 e. The van der Waals surface area contributed by atoms with Gasteiger partial charge in [0.05, 0.1) is 12.9 Å². The summed E-state index contributed by atoms with van der Waals surface area (Å²) in [6.45, 7) is 1.12. The van der Waals surface area contributed by atoms with Crippen LogP contribution in [0.15, 0.2) is 90.1 Å². The minimum Gasteiger partial charge on any atom is -0.497 e. The number of ether oxygens (including phenoxy) is 1. The van der Waals surface area contributed by atoms with Crippen LogP contribution in [0, 0.1) is 0 Å². The molecule has 168 valence electrons. The van der Waals surface area contributed by atoms with Crippen molar-refractivity contribution in [2.75, 3.05) is 12.9 Å². The van der Waals surface area contributed by atoms with Crippen molar-refractivity contribution in [2.45, 2.75) is 18.2 Å². The fraction of sp³-hybridized carbons (Fsp3) is 0.192. The van der Waals surface area contributed by atoms with Gasteiger partial charge in [-0.1, -0.05) is 84.6 Å². The van der Waals surface area contributed by atoms with Gasteiger partial charge < -0.3 is 14.2 Å². The van der Waals surface area contributed by atoms with Crippen LogP contribution in [-0.2, 0) is 24.9 Å². The van der Waals surface area contributed by atoms with Gasteiger partial charge in [0.15, 0.2) is 11.0 Å². The molecule has 0 fully saturated rings. The molecule has 6 nitrogen and oxygen atoms in total. The Hall–Kier alpha value is -3.58. The fourth-order valence-corrected chi connectivity index (χ4v) is 4.33. The molecule has 3 aromatic carbocycles. The van der Waals surface area contributed by atoms with E-state index in [0.29, 0.717) is 18.2 Å². The minimum absolute atomic E-state index is 0.0543. The van der Waals surface area contributed by atoms with Crippen molar-refractivity contribution in [1.82, 2.24) is 19.7 Å². The van der Waals surface area contributed by atoms with Gasteiger partial charge in [-0.15, -0.1) is 10.2 Å². The Bertz CT molecular complexity index is 1150. The minimum atomic E-state index is 0.0543. The van der Waals surface area contributed by atoms with Gasteiger partial charge >= 0.3 is 0 Å². The third-order valence-corrected chi connectivity index (χ3v) is 6.28. The molecule has 33 heavy (non-hydrogen) atoms. The van der Waals surface area contributed by atoms with Crippen LogP contribution < -0.4 is 4.74 Å². The van der Waals surface area contributed by atoms with Gasteiger partial charge in [0.2, 0.25) is 5.91 Å². The molecule has 0 saturated heterocycles. The van der Waals surface area contributed by atoms with Crippen molar-refractivity contribution < 1.29 is 9.53 Å². The highest BCUT2D eigenvalue weighted by Crippen LogP contribution is 2.26. The van der Waals surface area contributed by atoms with E-state index in [-0.39, 0.29) is 11.7 Å². The molecule has 0 saturated carbocycles. The SMILES string of the molecule is COc1cccc(-c2nnc(SCC(=O)N(Cc3ccccc3)Cc3ccccc3)n2C)c1. The predicted molar refractivity (Wildman–Crippen MR) is 131 cm³/mol. The average Bonchev–Trinajstić information content (AvgIpc) is 3.23. The zero-order valence-corrected chi connectivity index (χ0v) is 19.5. The van der Waals surface area contributed by atoms with Gasteiger partial charge in [-0.25, -0.2) is 0 Å². The molecule has 1 aromatic heterocycles. The van der Waals surface area contributed by atoms with Crippen molar-refractivity contribution in [3.63, 3.8) is 0 Å². The number of benzene rings is 3. The first-order valence-corrected chi connectivity index (χ1v) is 11.6. The highest BCUT2D eigenvalue weighted by molar-refractivity contribution is 7.99. The molecule has 0 N–H and O–H groups in total. The second-order valence-electron chi connectivity index (χ2n) is 7.61. The third kappa shape index (κ3) is 5.81. The Morgan fingerprint density at radius 1 is 0.909 bits per heavy atom. The highest BCUT2D eigenvalue weighted by atomic mass is 32.2. The van der Waals surface area contributed by atoms with E-state index in [1.165, 1.54) is 11.8 Å². The normalized spacial score (nSPS) is 10.7. The molecular formula is C26H26N4O2S. The Kier molecular flexibility index (Phi) is 7.42. The molecule has 1 amide bonds. The zero-order valence-electron chi connectivity index (χ0n) is 18.7. The second kappa shape index (κ2) is 10.8. The van der Waals surface area contributed by atoms with E-state index < -0.39 is 0 Å². The Morgan fingerprint density at radius 2 is 1.55 bits per heavy atom. The van der Waals surface area contributed by atoms with E-state index in [2.05, 4.69) is 10.2 Å². The van der Waals surface area contributed by atoms with Crippen LogP contribution in [0.3, 0.4) is 0 Å². The van der Waals surface area contributed by atoms with E-state index in [9.17, 15) is 4.79 Å². The lowest BCUT2D eigenvalue weighted by Crippen LogP contribution is -2.31. The maximum atomic E-state index is 13.2. The van der Waals surface area contributed by atoms with E-state index in [4.69, 9.17) is 4.74 Å². The van der Waals surface area contributed by atoms with Gasteiger partial charge in [0.1, 0.15) is 5.75 Å². The summed E-state index contributed by atoms with van der Waals surface area (Å²) in [5, 5.41) is 9.34. The van der Waals surface area contributed by atoms with Crippen LogP contribution in [0.5, 0.6) is 5.75 Å². The van der Waals surface area contributed by atoms with Crippen LogP contribution >= 0.6 is 11.8 Å². The first kappa shape index (κ1) is 22.6. The average molecular weight is 459 g/mol. The molecule has 1 heterocycles. The number of nitrogens with zero attached hydrogens (tertiary/aromatic N) is 4. The van der Waals surface area contributed by atoms with Gasteiger partial charge in [0.25, 0.3) is 0 Å². The predicted octanol–water partition coefficient (Wildman–Crippen LogP) is 4.81. The molecule has 0 aliphatic rings. The van der Waals surface area contributed by atoms with E-state index in [0.717, 1.165) is 28.3 Å². The molecule has 0 aliphatic carbocycles. The summed E-state index contributed by atoms with van der Waals surface area (Å²) < 4.78 is 7.22. The number of aromatic nitrogens is 3. The van der Waals surface area contributed by atoms with Crippen LogP contribution in [0.2, 0.25) is 0 Å². The molecule has 0 aliphatic heterocycles. The summed E-state index contributed by atoms with van der Waals surface area (Å²) in [6, 6.07) is 27.8. The highest BCUT2D eigenvalue weighted by Gasteiger charge is 2.18. The molecule has 0 unspecified atom stereocenters. The van der Waals surface area contributed by atoms with Crippen LogP contribution in [0.1, 0.15) is 11.1 Å².